The molecule has 0 aliphatic carbocycles. The zero-order chi connectivity index (χ0) is 17.7. The highest BCUT2D eigenvalue weighted by molar-refractivity contribution is 7.92. The molecule has 0 spiro atoms. The van der Waals surface area contributed by atoms with E-state index in [0.717, 1.165) is 18.1 Å². The van der Waals surface area contributed by atoms with Gasteiger partial charge in [0.1, 0.15) is 6.67 Å². The van der Waals surface area contributed by atoms with Crippen LogP contribution in [0.1, 0.15) is 12.5 Å². The van der Waals surface area contributed by atoms with Crippen molar-refractivity contribution in [3.05, 3.63) is 47.8 Å². The van der Waals surface area contributed by atoms with Gasteiger partial charge in [-0.3, -0.25) is 4.72 Å². The van der Waals surface area contributed by atoms with E-state index in [1.54, 1.807) is 6.07 Å². The summed E-state index contributed by atoms with van der Waals surface area (Å²) in [6.45, 7) is 0.893. The van der Waals surface area contributed by atoms with Gasteiger partial charge in [0.05, 0.1) is 11.4 Å². The van der Waals surface area contributed by atoms with Gasteiger partial charge in [0.2, 0.25) is 10.0 Å². The number of nitrogens with one attached hydrogen (secondary N) is 1. The molecule has 0 bridgehead atoms. The topological polar surface area (TPSA) is 75.6 Å². The maximum absolute atomic E-state index is 14.1. The summed E-state index contributed by atoms with van der Waals surface area (Å²) < 4.78 is 56.5. The molecule has 0 saturated carbocycles. The van der Waals surface area contributed by atoms with Crippen molar-refractivity contribution in [1.82, 2.24) is 0 Å². The first kappa shape index (κ1) is 18.0. The normalized spacial score (nSPS) is 11.3. The van der Waals surface area contributed by atoms with E-state index in [4.69, 9.17) is 4.74 Å². The summed E-state index contributed by atoms with van der Waals surface area (Å²) in [5, 5.41) is 9.87. The number of alkyl halides is 1. The number of halogens is 2. The van der Waals surface area contributed by atoms with Crippen LogP contribution in [0, 0.1) is 5.82 Å². The fourth-order valence-electron chi connectivity index (χ4n) is 1.97. The summed E-state index contributed by atoms with van der Waals surface area (Å²) in [5.74, 6) is -1.75. The van der Waals surface area contributed by atoms with Crippen molar-refractivity contribution < 1.29 is 27.0 Å². The van der Waals surface area contributed by atoms with Gasteiger partial charge in [-0.25, -0.2) is 17.2 Å². The van der Waals surface area contributed by atoms with Crippen molar-refractivity contribution in [1.29, 1.82) is 0 Å². The summed E-state index contributed by atoms with van der Waals surface area (Å²) in [5.41, 5.74) is 0.858. The lowest BCUT2D eigenvalue weighted by Crippen LogP contribution is -2.17. The van der Waals surface area contributed by atoms with Crippen LogP contribution in [0.2, 0.25) is 0 Å². The Hall–Kier alpha value is -2.35. The smallest absolute Gasteiger partial charge is 0.235 e. The largest absolute Gasteiger partial charge is 0.504 e. The summed E-state index contributed by atoms with van der Waals surface area (Å²) in [4.78, 5) is 0. The van der Waals surface area contributed by atoms with Crippen molar-refractivity contribution in [2.24, 2.45) is 0 Å². The second-order valence-electron chi connectivity index (χ2n) is 5.01. The van der Waals surface area contributed by atoms with Gasteiger partial charge in [0.25, 0.3) is 0 Å². The molecule has 0 aliphatic heterocycles. The fourth-order valence-corrected chi connectivity index (χ4v) is 2.76. The molecule has 0 atom stereocenters. The quantitative estimate of drug-likeness (QED) is 0.794. The lowest BCUT2D eigenvalue weighted by atomic mass is 10.1. The minimum absolute atomic E-state index is 0.0427. The number of hydrogen-bond donors (Lipinski definition) is 2. The zero-order valence-corrected chi connectivity index (χ0v) is 13.7. The molecule has 8 heteroatoms. The predicted octanol–water partition coefficient (Wildman–Crippen LogP) is 3.60. The van der Waals surface area contributed by atoms with Crippen LogP contribution in [0.4, 0.5) is 14.5 Å². The molecule has 24 heavy (non-hydrogen) atoms. The molecule has 0 fully saturated rings. The molecular weight excluding hydrogens is 340 g/mol. The highest BCUT2D eigenvalue weighted by Crippen LogP contribution is 2.33. The summed E-state index contributed by atoms with van der Waals surface area (Å²) in [6.07, 6.45) is 0.732. The Morgan fingerprint density at radius 2 is 1.88 bits per heavy atom. The Morgan fingerprint density at radius 1 is 1.17 bits per heavy atom. The Kier molecular flexibility index (Phi) is 5.61. The van der Waals surface area contributed by atoms with Crippen molar-refractivity contribution >= 4 is 15.7 Å². The lowest BCUT2D eigenvalue weighted by molar-refractivity contribution is 0.395. The molecule has 2 aromatic carbocycles. The number of aromatic hydroxyl groups is 1. The van der Waals surface area contributed by atoms with Gasteiger partial charge in [-0.1, -0.05) is 13.0 Å². The molecule has 0 saturated heterocycles. The molecule has 2 aromatic rings. The Balaban J connectivity index is 2.18. The van der Waals surface area contributed by atoms with Gasteiger partial charge in [-0.2, -0.15) is 0 Å². The molecule has 0 amide bonds. The molecule has 5 nitrogen and oxygen atoms in total. The van der Waals surface area contributed by atoms with Gasteiger partial charge in [-0.05, 0) is 36.2 Å². The first-order valence-electron chi connectivity index (χ1n) is 7.20. The lowest BCUT2D eigenvalue weighted by Gasteiger charge is -2.11. The highest BCUT2D eigenvalue weighted by atomic mass is 32.2. The maximum Gasteiger partial charge on any atom is 0.235 e. The van der Waals surface area contributed by atoms with E-state index >= 15 is 0 Å². The first-order valence-corrected chi connectivity index (χ1v) is 8.85. The second-order valence-corrected chi connectivity index (χ2v) is 6.85. The average Bonchev–Trinajstić information content (AvgIpc) is 2.51. The van der Waals surface area contributed by atoms with Gasteiger partial charge in [-0.15, -0.1) is 0 Å². The van der Waals surface area contributed by atoms with Crippen molar-refractivity contribution in [2.75, 3.05) is 17.1 Å². The minimum Gasteiger partial charge on any atom is -0.504 e. The van der Waals surface area contributed by atoms with Crippen LogP contribution in [-0.2, 0) is 16.4 Å². The maximum atomic E-state index is 14.1. The van der Waals surface area contributed by atoms with E-state index in [-0.39, 0.29) is 22.9 Å². The van der Waals surface area contributed by atoms with E-state index in [1.807, 2.05) is 6.92 Å². The molecular formula is C16H17F2NO4S. The number of sulfonamides is 1. The number of benzene rings is 2. The number of phenolic OH excluding ortho intramolecular Hbond substituents is 1. The van der Waals surface area contributed by atoms with Crippen molar-refractivity contribution in [3.63, 3.8) is 0 Å². The summed E-state index contributed by atoms with van der Waals surface area (Å²) in [6, 6.07) is 8.20. The van der Waals surface area contributed by atoms with Gasteiger partial charge >= 0.3 is 0 Å². The van der Waals surface area contributed by atoms with Crippen molar-refractivity contribution in [2.45, 2.75) is 13.3 Å². The molecule has 0 radical (unpaired) electrons. The number of aryl methyl sites for hydroxylation is 1. The van der Waals surface area contributed by atoms with E-state index in [9.17, 15) is 22.3 Å². The van der Waals surface area contributed by atoms with Crippen LogP contribution in [0.3, 0.4) is 0 Å². The monoisotopic (exact) mass is 357 g/mol. The number of hydrogen-bond acceptors (Lipinski definition) is 4. The third-order valence-corrected chi connectivity index (χ3v) is 4.44. The third kappa shape index (κ3) is 4.58. The third-order valence-electron chi connectivity index (χ3n) is 3.20. The SMILES string of the molecule is CCc1ccc(Oc2ccc(NS(=O)(=O)CCF)cc2F)c(O)c1. The molecule has 0 heterocycles. The fraction of sp³-hybridized carbons (Fsp3) is 0.250. The molecule has 130 valence electrons. The number of rotatable bonds is 7. The number of anilines is 1. The van der Waals surface area contributed by atoms with E-state index in [1.165, 1.54) is 24.3 Å². The van der Waals surface area contributed by atoms with E-state index < -0.39 is 28.3 Å². The highest BCUT2D eigenvalue weighted by Gasteiger charge is 2.13. The van der Waals surface area contributed by atoms with Crippen molar-refractivity contribution in [3.8, 4) is 17.2 Å². The van der Waals surface area contributed by atoms with Crippen LogP contribution < -0.4 is 9.46 Å². The number of ether oxygens (including phenoxy) is 1. The second kappa shape index (κ2) is 7.48. The molecule has 2 N–H and O–H groups in total. The van der Waals surface area contributed by atoms with E-state index in [2.05, 4.69) is 4.72 Å². The average molecular weight is 357 g/mol. The van der Waals surface area contributed by atoms with Gasteiger partial charge < -0.3 is 9.84 Å². The van der Waals surface area contributed by atoms with Gasteiger partial charge in [0.15, 0.2) is 23.1 Å². The first-order chi connectivity index (χ1) is 11.3. The van der Waals surface area contributed by atoms with Gasteiger partial charge in [0, 0.05) is 6.07 Å². The van der Waals surface area contributed by atoms with Crippen LogP contribution in [-0.4, -0.2) is 26.0 Å². The Bertz CT molecular complexity index is 825. The zero-order valence-electron chi connectivity index (χ0n) is 12.9. The minimum atomic E-state index is -3.86. The number of phenols is 1. The molecule has 0 unspecified atom stereocenters. The summed E-state index contributed by atoms with van der Waals surface area (Å²) in [7, 11) is -3.86. The summed E-state index contributed by atoms with van der Waals surface area (Å²) >= 11 is 0. The Morgan fingerprint density at radius 3 is 2.46 bits per heavy atom. The van der Waals surface area contributed by atoms with Crippen LogP contribution in [0.25, 0.3) is 0 Å². The predicted molar refractivity (Wildman–Crippen MR) is 87.3 cm³/mol. The van der Waals surface area contributed by atoms with Crippen LogP contribution in [0.15, 0.2) is 36.4 Å². The van der Waals surface area contributed by atoms with Crippen LogP contribution >= 0.6 is 0 Å². The molecule has 2 rings (SSSR count). The van der Waals surface area contributed by atoms with E-state index in [0.29, 0.717) is 0 Å². The molecule has 0 aliphatic rings. The van der Waals surface area contributed by atoms with Crippen LogP contribution in [0.5, 0.6) is 17.2 Å². The molecule has 0 aromatic heterocycles. The standard InChI is InChI=1S/C16H17F2NO4S/c1-2-11-3-5-16(14(20)9-11)23-15-6-4-12(10-13(15)18)19-24(21,22)8-7-17/h3-6,9-10,19-20H,2,7-8H2,1H3. The Labute approximate surface area is 138 Å².